The average Bonchev–Trinajstić information content (AvgIpc) is 2.16. The van der Waals surface area contributed by atoms with Crippen LogP contribution < -0.4 is 11.1 Å². The third kappa shape index (κ3) is 4.45. The molecule has 16 heavy (non-hydrogen) atoms. The first-order valence-corrected chi connectivity index (χ1v) is 5.57. The number of benzene rings is 1. The molecule has 0 spiro atoms. The van der Waals surface area contributed by atoms with Gasteiger partial charge in [0.15, 0.2) is 6.04 Å². The van der Waals surface area contributed by atoms with Crippen LogP contribution in [0.5, 0.6) is 0 Å². The summed E-state index contributed by atoms with van der Waals surface area (Å²) >= 11 is 0. The number of carbonyl (C=O) groups is 1. The second-order valence-corrected chi connectivity index (χ2v) is 5.32. The third-order valence-corrected chi connectivity index (χ3v) is 2.27. The maximum absolute atomic E-state index is 11.8. The molecule has 0 heterocycles. The Morgan fingerprint density at radius 1 is 1.31 bits per heavy atom. The summed E-state index contributed by atoms with van der Waals surface area (Å²) in [4.78, 5) is 11.8. The van der Waals surface area contributed by atoms with Crippen molar-refractivity contribution in [2.24, 2.45) is 5.41 Å². The van der Waals surface area contributed by atoms with E-state index in [-0.39, 0.29) is 17.4 Å². The van der Waals surface area contributed by atoms with Crippen molar-refractivity contribution in [3.8, 4) is 0 Å². The molecule has 0 radical (unpaired) electrons. The van der Waals surface area contributed by atoms with E-state index in [0.717, 1.165) is 12.1 Å². The minimum absolute atomic E-state index is 0.0128. The fraction of sp³-hybridized carbons (Fsp3) is 0.462. The molecule has 0 bridgehead atoms. The van der Waals surface area contributed by atoms with E-state index in [1.807, 2.05) is 30.3 Å². The van der Waals surface area contributed by atoms with Crippen LogP contribution in [0.1, 0.15) is 27.2 Å². The molecule has 1 amide bonds. The summed E-state index contributed by atoms with van der Waals surface area (Å²) in [6.07, 6.45) is 0.783. The summed E-state index contributed by atoms with van der Waals surface area (Å²) < 4.78 is 0. The number of rotatable bonds is 3. The topological polar surface area (TPSA) is 56.7 Å². The highest BCUT2D eigenvalue weighted by Gasteiger charge is 2.24. The minimum atomic E-state index is -0.208. The summed E-state index contributed by atoms with van der Waals surface area (Å²) in [5.74, 6) is -0.0128. The molecule has 1 atom stereocenters. The van der Waals surface area contributed by atoms with Crippen molar-refractivity contribution in [3.05, 3.63) is 30.3 Å². The van der Waals surface area contributed by atoms with Gasteiger partial charge in [0, 0.05) is 12.1 Å². The Bertz CT molecular complexity index is 341. The monoisotopic (exact) mass is 221 g/mol. The molecule has 0 saturated carbocycles. The summed E-state index contributed by atoms with van der Waals surface area (Å²) in [5, 5.41) is 2.86. The number of quaternary nitrogens is 1. The first-order valence-electron chi connectivity index (χ1n) is 5.57. The van der Waals surface area contributed by atoms with Gasteiger partial charge in [-0.3, -0.25) is 4.79 Å². The molecule has 0 aliphatic carbocycles. The number of hydrogen-bond donors (Lipinski definition) is 2. The van der Waals surface area contributed by atoms with Crippen molar-refractivity contribution in [3.63, 3.8) is 0 Å². The standard InChI is InChI=1S/C13H20N2O/c1-13(2,3)9-11(14)12(16)15-10-7-5-4-6-8-10/h4-8,11H,9,14H2,1-3H3,(H,15,16)/p+1. The molecule has 0 aliphatic heterocycles. The van der Waals surface area contributed by atoms with E-state index >= 15 is 0 Å². The van der Waals surface area contributed by atoms with Crippen LogP contribution in [0.2, 0.25) is 0 Å². The van der Waals surface area contributed by atoms with Gasteiger partial charge in [0.2, 0.25) is 0 Å². The van der Waals surface area contributed by atoms with Crippen LogP contribution in [-0.4, -0.2) is 11.9 Å². The Morgan fingerprint density at radius 3 is 2.38 bits per heavy atom. The van der Waals surface area contributed by atoms with E-state index in [2.05, 4.69) is 31.8 Å². The minimum Gasteiger partial charge on any atom is -0.347 e. The number of amides is 1. The zero-order valence-electron chi connectivity index (χ0n) is 10.3. The highest BCUT2D eigenvalue weighted by atomic mass is 16.2. The van der Waals surface area contributed by atoms with Gasteiger partial charge in [0.05, 0.1) is 0 Å². The van der Waals surface area contributed by atoms with Crippen LogP contribution in [0.15, 0.2) is 30.3 Å². The predicted molar refractivity (Wildman–Crippen MR) is 65.8 cm³/mol. The molecular weight excluding hydrogens is 200 g/mol. The lowest BCUT2D eigenvalue weighted by Crippen LogP contribution is -2.67. The second-order valence-electron chi connectivity index (χ2n) is 5.32. The Hall–Kier alpha value is -1.35. The zero-order chi connectivity index (χ0) is 12.2. The van der Waals surface area contributed by atoms with Gasteiger partial charge < -0.3 is 11.1 Å². The zero-order valence-corrected chi connectivity index (χ0v) is 10.3. The van der Waals surface area contributed by atoms with Crippen LogP contribution in [0, 0.1) is 5.41 Å². The third-order valence-electron chi connectivity index (χ3n) is 2.27. The van der Waals surface area contributed by atoms with Crippen molar-refractivity contribution in [2.75, 3.05) is 5.32 Å². The van der Waals surface area contributed by atoms with Gasteiger partial charge in [0.25, 0.3) is 5.91 Å². The SMILES string of the molecule is CC(C)(C)CC([NH3+])C(=O)Nc1ccccc1. The Morgan fingerprint density at radius 2 is 1.88 bits per heavy atom. The summed E-state index contributed by atoms with van der Waals surface area (Å²) in [6, 6.07) is 9.27. The maximum atomic E-state index is 11.8. The number of para-hydroxylation sites is 1. The Balaban J connectivity index is 2.53. The molecule has 0 aromatic heterocycles. The normalized spacial score (nSPS) is 13.2. The predicted octanol–water partition coefficient (Wildman–Crippen LogP) is 1.67. The van der Waals surface area contributed by atoms with E-state index in [4.69, 9.17) is 0 Å². The molecule has 1 aromatic carbocycles. The maximum Gasteiger partial charge on any atom is 0.282 e. The summed E-state index contributed by atoms with van der Waals surface area (Å²) in [6.45, 7) is 6.34. The van der Waals surface area contributed by atoms with E-state index in [1.165, 1.54) is 0 Å². The lowest BCUT2D eigenvalue weighted by Gasteiger charge is -2.20. The smallest absolute Gasteiger partial charge is 0.282 e. The molecule has 1 unspecified atom stereocenters. The van der Waals surface area contributed by atoms with E-state index in [9.17, 15) is 4.79 Å². The van der Waals surface area contributed by atoms with Gasteiger partial charge in [-0.1, -0.05) is 39.0 Å². The molecule has 1 rings (SSSR count). The van der Waals surface area contributed by atoms with Crippen molar-refractivity contribution in [2.45, 2.75) is 33.2 Å². The van der Waals surface area contributed by atoms with Gasteiger partial charge in [-0.2, -0.15) is 0 Å². The van der Waals surface area contributed by atoms with Crippen molar-refractivity contribution < 1.29 is 10.5 Å². The van der Waals surface area contributed by atoms with Gasteiger partial charge in [-0.05, 0) is 17.5 Å². The largest absolute Gasteiger partial charge is 0.347 e. The Kier molecular flexibility index (Phi) is 4.07. The lowest BCUT2D eigenvalue weighted by molar-refractivity contribution is -0.407. The van der Waals surface area contributed by atoms with Gasteiger partial charge in [-0.25, -0.2) is 0 Å². The quantitative estimate of drug-likeness (QED) is 0.801. The molecule has 0 aliphatic rings. The molecule has 0 fully saturated rings. The van der Waals surface area contributed by atoms with E-state index < -0.39 is 0 Å². The first kappa shape index (κ1) is 12.7. The molecule has 4 N–H and O–H groups in total. The average molecular weight is 221 g/mol. The Labute approximate surface area is 97.0 Å². The fourth-order valence-corrected chi connectivity index (χ4v) is 1.60. The molecule has 3 nitrogen and oxygen atoms in total. The van der Waals surface area contributed by atoms with Crippen LogP contribution >= 0.6 is 0 Å². The van der Waals surface area contributed by atoms with Crippen LogP contribution in [0.4, 0.5) is 5.69 Å². The number of nitrogens with one attached hydrogen (secondary N) is 1. The van der Waals surface area contributed by atoms with Gasteiger partial charge in [-0.15, -0.1) is 0 Å². The second kappa shape index (κ2) is 5.12. The van der Waals surface area contributed by atoms with Crippen LogP contribution in [-0.2, 0) is 4.79 Å². The summed E-state index contributed by atoms with van der Waals surface area (Å²) in [5.41, 5.74) is 4.86. The van der Waals surface area contributed by atoms with Crippen molar-refractivity contribution in [1.29, 1.82) is 0 Å². The van der Waals surface area contributed by atoms with E-state index in [1.54, 1.807) is 0 Å². The highest BCUT2D eigenvalue weighted by Crippen LogP contribution is 2.19. The van der Waals surface area contributed by atoms with Gasteiger partial charge >= 0.3 is 0 Å². The number of hydrogen-bond acceptors (Lipinski definition) is 1. The number of anilines is 1. The van der Waals surface area contributed by atoms with E-state index in [0.29, 0.717) is 0 Å². The lowest BCUT2D eigenvalue weighted by atomic mass is 9.88. The van der Waals surface area contributed by atoms with Gasteiger partial charge in [0.1, 0.15) is 0 Å². The van der Waals surface area contributed by atoms with Crippen LogP contribution in [0.3, 0.4) is 0 Å². The van der Waals surface area contributed by atoms with Crippen molar-refractivity contribution in [1.82, 2.24) is 0 Å². The van der Waals surface area contributed by atoms with Crippen molar-refractivity contribution >= 4 is 11.6 Å². The molecule has 1 aromatic rings. The molecular formula is C13H21N2O+. The van der Waals surface area contributed by atoms with Crippen LogP contribution in [0.25, 0.3) is 0 Å². The first-order chi connectivity index (χ1) is 7.38. The molecule has 88 valence electrons. The fourth-order valence-electron chi connectivity index (χ4n) is 1.60. The number of carbonyl (C=O) groups excluding carboxylic acids is 1. The molecule has 0 saturated heterocycles. The highest BCUT2D eigenvalue weighted by molar-refractivity contribution is 5.93. The summed E-state index contributed by atoms with van der Waals surface area (Å²) in [7, 11) is 0. The molecule has 3 heteroatoms.